The van der Waals surface area contributed by atoms with E-state index >= 15 is 0 Å². The van der Waals surface area contributed by atoms with Crippen molar-refractivity contribution in [3.05, 3.63) is 59.7 Å². The molecule has 9 nitrogen and oxygen atoms in total. The summed E-state index contributed by atoms with van der Waals surface area (Å²) >= 11 is 0. The number of alkyl carbamates (subject to hydrolysis) is 1. The average Bonchev–Trinajstić information content (AvgIpc) is 3.34. The van der Waals surface area contributed by atoms with Crippen molar-refractivity contribution in [2.75, 3.05) is 26.2 Å². The number of ether oxygens (including phenoxy) is 1. The van der Waals surface area contributed by atoms with Crippen LogP contribution in [0.1, 0.15) is 55.6 Å². The minimum atomic E-state index is -1.14. The Balaban J connectivity index is 1.80. The lowest BCUT2D eigenvalue weighted by molar-refractivity contribution is -0.121. The average molecular weight is 581 g/mol. The quantitative estimate of drug-likeness (QED) is 0.241. The normalized spacial score (nSPS) is 11.5. The summed E-state index contributed by atoms with van der Waals surface area (Å²) in [5.41, 5.74) is 3.16. The Labute approximate surface area is 252 Å². The number of hydrogen-bond acceptors (Lipinski definition) is 5. The number of rotatable bonds is 15. The largest absolute Gasteiger partial charge is 0.449 e. The van der Waals surface area contributed by atoms with Gasteiger partial charge in [-0.1, -0.05) is 66.3 Å². The van der Waals surface area contributed by atoms with Gasteiger partial charge in [-0.15, -0.1) is 19.3 Å². The highest BCUT2D eigenvalue weighted by Crippen LogP contribution is 2.44. The smallest absolute Gasteiger partial charge is 0.407 e. The molecule has 0 spiro atoms. The van der Waals surface area contributed by atoms with Crippen molar-refractivity contribution >= 4 is 23.8 Å². The molecule has 2 aromatic rings. The van der Waals surface area contributed by atoms with Crippen LogP contribution in [0.5, 0.6) is 0 Å². The number of carbonyl (C=O) groups excluding carboxylic acids is 4. The zero-order chi connectivity index (χ0) is 31.1. The van der Waals surface area contributed by atoms with Gasteiger partial charge in [-0.3, -0.25) is 14.4 Å². The molecule has 0 radical (unpaired) electrons. The van der Waals surface area contributed by atoms with Crippen molar-refractivity contribution in [3.8, 4) is 48.2 Å². The van der Waals surface area contributed by atoms with Gasteiger partial charge < -0.3 is 26.0 Å². The second-order valence-corrected chi connectivity index (χ2v) is 10.2. The van der Waals surface area contributed by atoms with E-state index in [1.54, 1.807) is 0 Å². The predicted molar refractivity (Wildman–Crippen MR) is 164 cm³/mol. The van der Waals surface area contributed by atoms with Gasteiger partial charge in [0.2, 0.25) is 17.7 Å². The van der Waals surface area contributed by atoms with Crippen LogP contribution in [0, 0.1) is 37.0 Å². The van der Waals surface area contributed by atoms with E-state index in [1.165, 1.54) is 0 Å². The zero-order valence-electron chi connectivity index (χ0n) is 24.0. The van der Waals surface area contributed by atoms with Crippen molar-refractivity contribution in [1.82, 2.24) is 21.3 Å². The lowest BCUT2D eigenvalue weighted by atomic mass is 9.83. The monoisotopic (exact) mass is 580 g/mol. The first-order valence-electron chi connectivity index (χ1n) is 14.1. The second kappa shape index (κ2) is 16.3. The SMILES string of the molecule is C#CCNC(=O)CCC(CCC(=O)NCC#C)(CCC(=O)NCC#C)NC(=O)OCC1c2ccccc2-c2ccccc21. The van der Waals surface area contributed by atoms with Gasteiger partial charge in [0.15, 0.2) is 0 Å². The molecule has 4 amide bonds. The Morgan fingerprint density at radius 2 is 1.07 bits per heavy atom. The summed E-state index contributed by atoms with van der Waals surface area (Å²) in [6, 6.07) is 16.0. The molecule has 0 aliphatic heterocycles. The molecule has 1 aliphatic carbocycles. The van der Waals surface area contributed by atoms with E-state index in [1.807, 2.05) is 48.5 Å². The van der Waals surface area contributed by atoms with Crippen LogP contribution in [-0.4, -0.2) is 55.6 Å². The van der Waals surface area contributed by atoms with Crippen LogP contribution >= 0.6 is 0 Å². The molecular weight excluding hydrogens is 544 g/mol. The molecule has 4 N–H and O–H groups in total. The zero-order valence-corrected chi connectivity index (χ0v) is 24.0. The molecular formula is C34H36N4O5. The highest BCUT2D eigenvalue weighted by atomic mass is 16.5. The molecule has 2 aromatic carbocycles. The molecule has 9 heteroatoms. The van der Waals surface area contributed by atoms with Gasteiger partial charge in [0.25, 0.3) is 0 Å². The number of amides is 4. The number of nitrogens with one attached hydrogen (secondary N) is 4. The van der Waals surface area contributed by atoms with Crippen molar-refractivity contribution in [3.63, 3.8) is 0 Å². The highest BCUT2D eigenvalue weighted by molar-refractivity contribution is 5.80. The number of hydrogen-bond donors (Lipinski definition) is 4. The molecule has 222 valence electrons. The van der Waals surface area contributed by atoms with Crippen molar-refractivity contribution in [2.24, 2.45) is 0 Å². The van der Waals surface area contributed by atoms with Gasteiger partial charge in [-0.05, 0) is 41.5 Å². The van der Waals surface area contributed by atoms with E-state index in [0.717, 1.165) is 22.3 Å². The lowest BCUT2D eigenvalue weighted by Gasteiger charge is -2.34. The first-order chi connectivity index (χ1) is 20.8. The van der Waals surface area contributed by atoms with Crippen LogP contribution < -0.4 is 21.3 Å². The summed E-state index contributed by atoms with van der Waals surface area (Å²) in [6.07, 6.45) is 15.4. The summed E-state index contributed by atoms with van der Waals surface area (Å²) in [7, 11) is 0. The summed E-state index contributed by atoms with van der Waals surface area (Å²) in [5.74, 6) is 5.89. The van der Waals surface area contributed by atoms with E-state index in [-0.39, 0.29) is 88.4 Å². The Kier molecular flexibility index (Phi) is 12.2. The Bertz CT molecular complexity index is 1320. The Hall–Kier alpha value is -5.20. The fraction of sp³-hybridized carbons (Fsp3) is 0.353. The molecule has 0 unspecified atom stereocenters. The maximum Gasteiger partial charge on any atom is 0.407 e. The first-order valence-corrected chi connectivity index (χ1v) is 14.1. The van der Waals surface area contributed by atoms with Gasteiger partial charge in [-0.25, -0.2) is 4.79 Å². The molecule has 0 aromatic heterocycles. The first kappa shape index (κ1) is 32.3. The third-order valence-electron chi connectivity index (χ3n) is 7.37. The third kappa shape index (κ3) is 9.42. The molecule has 0 heterocycles. The molecule has 0 atom stereocenters. The van der Waals surface area contributed by atoms with E-state index in [9.17, 15) is 19.2 Å². The third-order valence-corrected chi connectivity index (χ3v) is 7.37. The number of terminal acetylenes is 3. The van der Waals surface area contributed by atoms with Gasteiger partial charge in [-0.2, -0.15) is 0 Å². The highest BCUT2D eigenvalue weighted by Gasteiger charge is 2.35. The fourth-order valence-electron chi connectivity index (χ4n) is 5.19. The second-order valence-electron chi connectivity index (χ2n) is 10.2. The summed E-state index contributed by atoms with van der Waals surface area (Å²) in [5, 5.41) is 10.7. The van der Waals surface area contributed by atoms with Crippen molar-refractivity contribution < 1.29 is 23.9 Å². The Morgan fingerprint density at radius 1 is 0.674 bits per heavy atom. The van der Waals surface area contributed by atoms with Gasteiger partial charge >= 0.3 is 6.09 Å². The number of fused-ring (bicyclic) bond motifs is 3. The molecule has 1 aliphatic rings. The van der Waals surface area contributed by atoms with Crippen LogP contribution in [0.4, 0.5) is 4.79 Å². The molecule has 3 rings (SSSR count). The van der Waals surface area contributed by atoms with Crippen molar-refractivity contribution in [1.29, 1.82) is 0 Å². The number of carbonyl (C=O) groups is 4. The van der Waals surface area contributed by atoms with Crippen LogP contribution in [0.2, 0.25) is 0 Å². The number of benzene rings is 2. The molecule has 43 heavy (non-hydrogen) atoms. The van der Waals surface area contributed by atoms with Gasteiger partial charge in [0.05, 0.1) is 19.6 Å². The predicted octanol–water partition coefficient (Wildman–Crippen LogP) is 2.85. The van der Waals surface area contributed by atoms with Crippen molar-refractivity contribution in [2.45, 2.75) is 50.0 Å². The maximum absolute atomic E-state index is 13.4. The van der Waals surface area contributed by atoms with E-state index < -0.39 is 11.6 Å². The van der Waals surface area contributed by atoms with Crippen LogP contribution in [0.3, 0.4) is 0 Å². The van der Waals surface area contributed by atoms with E-state index in [2.05, 4.69) is 39.0 Å². The van der Waals surface area contributed by atoms with E-state index in [0.29, 0.717) is 0 Å². The minimum Gasteiger partial charge on any atom is -0.449 e. The van der Waals surface area contributed by atoms with E-state index in [4.69, 9.17) is 24.0 Å². The molecule has 0 fully saturated rings. The van der Waals surface area contributed by atoms with Crippen LogP contribution in [0.25, 0.3) is 11.1 Å². The Morgan fingerprint density at radius 3 is 1.47 bits per heavy atom. The molecule has 0 saturated heterocycles. The maximum atomic E-state index is 13.4. The topological polar surface area (TPSA) is 126 Å². The fourth-order valence-corrected chi connectivity index (χ4v) is 5.19. The summed E-state index contributed by atoms with van der Waals surface area (Å²) in [6.45, 7) is 0.224. The van der Waals surface area contributed by atoms with Crippen LogP contribution in [0.15, 0.2) is 48.5 Å². The van der Waals surface area contributed by atoms with Gasteiger partial charge in [0, 0.05) is 30.7 Å². The minimum absolute atomic E-state index is 0.0106. The van der Waals surface area contributed by atoms with Gasteiger partial charge in [0.1, 0.15) is 6.61 Å². The molecule has 0 saturated carbocycles. The summed E-state index contributed by atoms with van der Waals surface area (Å²) < 4.78 is 5.78. The standard InChI is InChI=1S/C34H36N4O5/c1-4-21-35-30(39)15-18-34(19-16-31(40)36-22-5-2,20-17-32(41)37-23-6-3)38-33(42)43-24-29-27-13-9-7-11-25(27)26-12-8-10-14-28(26)29/h1-3,7-14,29H,15-24H2,(H,35,39)(H,36,40)(H,37,41)(H,38,42). The molecule has 0 bridgehead atoms. The lowest BCUT2D eigenvalue weighted by Crippen LogP contribution is -2.51. The van der Waals surface area contributed by atoms with Crippen LogP contribution in [-0.2, 0) is 19.1 Å². The summed E-state index contributed by atoms with van der Waals surface area (Å²) in [4.78, 5) is 50.8.